The van der Waals surface area contributed by atoms with Crippen LogP contribution in [0.25, 0.3) is 0 Å². The molecule has 1 N–H and O–H groups in total. The molecular weight excluding hydrogens is 239 g/mol. The van der Waals surface area contributed by atoms with Gasteiger partial charge in [-0.1, -0.05) is 6.07 Å². The van der Waals surface area contributed by atoms with Crippen molar-refractivity contribution in [1.82, 2.24) is 0 Å². The van der Waals surface area contributed by atoms with E-state index in [1.54, 1.807) is 6.07 Å². The number of aryl methyl sites for hydroxylation is 1. The lowest BCUT2D eigenvalue weighted by atomic mass is 10.2. The Kier molecular flexibility index (Phi) is 3.27. The van der Waals surface area contributed by atoms with E-state index in [9.17, 15) is 14.5 Å². The van der Waals surface area contributed by atoms with Gasteiger partial charge in [-0.25, -0.2) is 4.39 Å². The molecule has 0 amide bonds. The highest BCUT2D eigenvalue weighted by atomic mass is 19.1. The molecule has 0 saturated heterocycles. The highest BCUT2D eigenvalue weighted by molar-refractivity contribution is 5.50. The molecule has 1 aromatic heterocycles. The largest absolute Gasteiger partial charge is 0.433 e. The van der Waals surface area contributed by atoms with Crippen LogP contribution >= 0.6 is 0 Å². The Morgan fingerprint density at radius 3 is 2.83 bits per heavy atom. The van der Waals surface area contributed by atoms with Crippen LogP contribution in [-0.2, 0) is 6.54 Å². The Morgan fingerprint density at radius 1 is 1.39 bits per heavy atom. The monoisotopic (exact) mass is 250 g/mol. The highest BCUT2D eigenvalue weighted by Gasteiger charge is 2.11. The lowest BCUT2D eigenvalue weighted by molar-refractivity contribution is -0.402. The summed E-state index contributed by atoms with van der Waals surface area (Å²) in [7, 11) is 0. The van der Waals surface area contributed by atoms with E-state index in [1.807, 2.05) is 6.92 Å². The molecule has 0 aliphatic carbocycles. The second-order valence-corrected chi connectivity index (χ2v) is 3.81. The number of nitrogens with one attached hydrogen (secondary N) is 1. The van der Waals surface area contributed by atoms with Crippen LogP contribution in [0.3, 0.4) is 0 Å². The standard InChI is InChI=1S/C12H11FN2O3/c1-8-2-3-9(13)6-11(8)14-7-10-4-5-12(18-10)15(16)17/h2-6,14H,7H2,1H3. The fourth-order valence-corrected chi connectivity index (χ4v) is 1.53. The van der Waals surface area contributed by atoms with Gasteiger partial charge in [0.15, 0.2) is 0 Å². The highest BCUT2D eigenvalue weighted by Crippen LogP contribution is 2.19. The van der Waals surface area contributed by atoms with Crippen molar-refractivity contribution >= 4 is 11.6 Å². The first-order chi connectivity index (χ1) is 8.56. The molecule has 0 radical (unpaired) electrons. The number of furan rings is 1. The summed E-state index contributed by atoms with van der Waals surface area (Å²) in [5, 5.41) is 13.4. The van der Waals surface area contributed by atoms with Crippen LogP contribution in [0.5, 0.6) is 0 Å². The summed E-state index contributed by atoms with van der Waals surface area (Å²) in [6, 6.07) is 7.20. The molecule has 0 atom stereocenters. The van der Waals surface area contributed by atoms with E-state index in [1.165, 1.54) is 24.3 Å². The summed E-state index contributed by atoms with van der Waals surface area (Å²) in [4.78, 5) is 9.83. The molecule has 0 fully saturated rings. The van der Waals surface area contributed by atoms with Crippen LogP contribution in [0.1, 0.15) is 11.3 Å². The van der Waals surface area contributed by atoms with Crippen molar-refractivity contribution in [3.8, 4) is 0 Å². The zero-order valence-electron chi connectivity index (χ0n) is 9.64. The molecule has 5 nitrogen and oxygen atoms in total. The SMILES string of the molecule is Cc1ccc(F)cc1NCc1ccc([N+](=O)[O-])o1. The Morgan fingerprint density at radius 2 is 2.17 bits per heavy atom. The van der Waals surface area contributed by atoms with Gasteiger partial charge in [0, 0.05) is 5.69 Å². The molecule has 94 valence electrons. The number of halogens is 1. The summed E-state index contributed by atoms with van der Waals surface area (Å²) in [5.74, 6) is -0.221. The van der Waals surface area contributed by atoms with Crippen LogP contribution < -0.4 is 5.32 Å². The number of hydrogen-bond acceptors (Lipinski definition) is 4. The first-order valence-electron chi connectivity index (χ1n) is 5.29. The van der Waals surface area contributed by atoms with E-state index in [0.29, 0.717) is 11.4 Å². The van der Waals surface area contributed by atoms with Gasteiger partial charge in [-0.3, -0.25) is 10.1 Å². The van der Waals surface area contributed by atoms with Crippen molar-refractivity contribution in [2.45, 2.75) is 13.5 Å². The molecule has 1 aromatic carbocycles. The summed E-state index contributed by atoms with van der Waals surface area (Å²) >= 11 is 0. The predicted octanol–water partition coefficient (Wildman–Crippen LogP) is 3.25. The maximum Gasteiger partial charge on any atom is 0.433 e. The Bertz CT molecular complexity index is 580. The molecule has 0 aliphatic rings. The Labute approximate surface area is 102 Å². The van der Waals surface area contributed by atoms with Crippen molar-refractivity contribution in [3.63, 3.8) is 0 Å². The van der Waals surface area contributed by atoms with Gasteiger partial charge < -0.3 is 9.73 Å². The number of rotatable bonds is 4. The van der Waals surface area contributed by atoms with Gasteiger partial charge in [0.25, 0.3) is 0 Å². The van der Waals surface area contributed by atoms with E-state index in [2.05, 4.69) is 5.32 Å². The van der Waals surface area contributed by atoms with E-state index >= 15 is 0 Å². The number of hydrogen-bond donors (Lipinski definition) is 1. The van der Waals surface area contributed by atoms with Crippen molar-refractivity contribution in [3.05, 3.63) is 57.6 Å². The number of nitrogens with zero attached hydrogens (tertiary/aromatic N) is 1. The quantitative estimate of drug-likeness (QED) is 0.668. The third kappa shape index (κ3) is 2.65. The first kappa shape index (κ1) is 12.1. The molecule has 0 bridgehead atoms. The number of nitro groups is 1. The van der Waals surface area contributed by atoms with E-state index in [4.69, 9.17) is 4.42 Å². The van der Waals surface area contributed by atoms with E-state index in [-0.39, 0.29) is 18.2 Å². The predicted molar refractivity (Wildman–Crippen MR) is 63.8 cm³/mol. The number of anilines is 1. The minimum absolute atomic E-state index is 0.262. The van der Waals surface area contributed by atoms with Gasteiger partial charge in [0.2, 0.25) is 0 Å². The van der Waals surface area contributed by atoms with E-state index in [0.717, 1.165) is 5.56 Å². The smallest absolute Gasteiger partial charge is 0.404 e. The van der Waals surface area contributed by atoms with Crippen molar-refractivity contribution in [2.24, 2.45) is 0 Å². The Hall–Kier alpha value is -2.37. The van der Waals surface area contributed by atoms with Gasteiger partial charge in [-0.05, 0) is 30.7 Å². The lowest BCUT2D eigenvalue weighted by Crippen LogP contribution is -2.00. The molecule has 2 rings (SSSR count). The van der Waals surface area contributed by atoms with Crippen LogP contribution in [0.15, 0.2) is 34.7 Å². The van der Waals surface area contributed by atoms with Crippen LogP contribution in [0.2, 0.25) is 0 Å². The molecular formula is C12H11FN2O3. The van der Waals surface area contributed by atoms with Gasteiger partial charge in [-0.15, -0.1) is 0 Å². The summed E-state index contributed by atoms with van der Waals surface area (Å²) in [5.41, 5.74) is 1.52. The van der Waals surface area contributed by atoms with Crippen LogP contribution in [-0.4, -0.2) is 4.92 Å². The zero-order valence-corrected chi connectivity index (χ0v) is 9.64. The van der Waals surface area contributed by atoms with Crippen molar-refractivity contribution in [2.75, 3.05) is 5.32 Å². The molecule has 0 unspecified atom stereocenters. The second-order valence-electron chi connectivity index (χ2n) is 3.81. The number of benzene rings is 1. The van der Waals surface area contributed by atoms with Gasteiger partial charge in [-0.2, -0.15) is 0 Å². The molecule has 6 heteroatoms. The minimum Gasteiger partial charge on any atom is -0.404 e. The normalized spacial score (nSPS) is 10.3. The maximum absolute atomic E-state index is 13.0. The summed E-state index contributed by atoms with van der Waals surface area (Å²) in [6.45, 7) is 2.10. The third-order valence-electron chi connectivity index (χ3n) is 2.48. The molecule has 0 spiro atoms. The third-order valence-corrected chi connectivity index (χ3v) is 2.48. The molecule has 0 saturated carbocycles. The van der Waals surface area contributed by atoms with Crippen LogP contribution in [0.4, 0.5) is 16.0 Å². The molecule has 0 aliphatic heterocycles. The summed E-state index contributed by atoms with van der Waals surface area (Å²) < 4.78 is 18.0. The topological polar surface area (TPSA) is 68.3 Å². The maximum atomic E-state index is 13.0. The first-order valence-corrected chi connectivity index (χ1v) is 5.29. The fraction of sp³-hybridized carbons (Fsp3) is 0.167. The van der Waals surface area contributed by atoms with Gasteiger partial charge in [0.05, 0.1) is 12.6 Å². The zero-order chi connectivity index (χ0) is 13.1. The Balaban J connectivity index is 2.06. The average Bonchev–Trinajstić information content (AvgIpc) is 2.79. The van der Waals surface area contributed by atoms with Gasteiger partial charge in [0.1, 0.15) is 16.5 Å². The molecule has 2 aromatic rings. The fourth-order valence-electron chi connectivity index (χ4n) is 1.53. The molecule has 1 heterocycles. The lowest BCUT2D eigenvalue weighted by Gasteiger charge is -2.07. The van der Waals surface area contributed by atoms with Crippen molar-refractivity contribution < 1.29 is 13.7 Å². The minimum atomic E-state index is -0.600. The molecule has 18 heavy (non-hydrogen) atoms. The summed E-state index contributed by atoms with van der Waals surface area (Å²) in [6.07, 6.45) is 0. The van der Waals surface area contributed by atoms with Gasteiger partial charge >= 0.3 is 5.88 Å². The average molecular weight is 250 g/mol. The second kappa shape index (κ2) is 4.87. The van der Waals surface area contributed by atoms with Crippen molar-refractivity contribution in [1.29, 1.82) is 0 Å². The van der Waals surface area contributed by atoms with Crippen LogP contribution in [0, 0.1) is 22.9 Å². The van der Waals surface area contributed by atoms with E-state index < -0.39 is 4.92 Å².